The average molecular weight is 312 g/mol. The van der Waals surface area contributed by atoms with Gasteiger partial charge in [0.15, 0.2) is 5.78 Å². The number of hydrogen-bond donors (Lipinski definition) is 1. The molecule has 4 heteroatoms. The molecule has 0 bridgehead atoms. The van der Waals surface area contributed by atoms with Crippen LogP contribution in [-0.4, -0.2) is 25.3 Å². The number of alkyl halides is 1. The fourth-order valence-corrected chi connectivity index (χ4v) is 1.85. The first-order valence-electron chi connectivity index (χ1n) is 7.12. The number of hydrogen-bond acceptors (Lipinski definition) is 3. The van der Waals surface area contributed by atoms with Gasteiger partial charge in [0.2, 0.25) is 0 Å². The zero-order valence-corrected chi connectivity index (χ0v) is 14.0. The fraction of sp³-hybridized carbons (Fsp3) is 0.471. The fourth-order valence-electron chi connectivity index (χ4n) is 1.76. The summed E-state index contributed by atoms with van der Waals surface area (Å²) < 4.78 is 5.08. The third-order valence-electron chi connectivity index (χ3n) is 3.04. The molecule has 0 spiro atoms. The molecule has 21 heavy (non-hydrogen) atoms. The summed E-state index contributed by atoms with van der Waals surface area (Å²) in [4.78, 5) is 11.3. The van der Waals surface area contributed by atoms with Crippen LogP contribution in [0.25, 0.3) is 0 Å². The van der Waals surface area contributed by atoms with Crippen LogP contribution in [0.3, 0.4) is 0 Å². The Morgan fingerprint density at radius 1 is 1.43 bits per heavy atom. The van der Waals surface area contributed by atoms with Gasteiger partial charge in [0.05, 0.1) is 13.7 Å². The van der Waals surface area contributed by atoms with Gasteiger partial charge in [0, 0.05) is 5.88 Å². The highest BCUT2D eigenvalue weighted by atomic mass is 35.5. The van der Waals surface area contributed by atoms with Gasteiger partial charge in [-0.15, -0.1) is 11.6 Å². The van der Waals surface area contributed by atoms with E-state index in [0.717, 1.165) is 12.8 Å². The van der Waals surface area contributed by atoms with E-state index in [1.54, 1.807) is 13.2 Å². The summed E-state index contributed by atoms with van der Waals surface area (Å²) in [6.45, 7) is 8.39. The number of allylic oxidation sites excluding steroid dienone is 4. The van der Waals surface area contributed by atoms with E-state index in [4.69, 9.17) is 16.3 Å². The number of rotatable bonds is 11. The Labute approximate surface area is 133 Å². The van der Waals surface area contributed by atoms with E-state index < -0.39 is 0 Å². The highest BCUT2D eigenvalue weighted by Gasteiger charge is 2.05. The minimum atomic E-state index is 0.0129. The Morgan fingerprint density at radius 2 is 2.14 bits per heavy atom. The minimum absolute atomic E-state index is 0.0129. The smallest absolute Gasteiger partial charge is 0.174 e. The van der Waals surface area contributed by atoms with Crippen LogP contribution in [0, 0.1) is 5.92 Å². The lowest BCUT2D eigenvalue weighted by Crippen LogP contribution is -2.15. The number of ether oxygens (including phenoxy) is 1. The van der Waals surface area contributed by atoms with E-state index in [1.807, 2.05) is 18.4 Å². The zero-order valence-electron chi connectivity index (χ0n) is 13.2. The second-order valence-corrected chi connectivity index (χ2v) is 4.99. The first kappa shape index (κ1) is 19.5. The van der Waals surface area contributed by atoms with Crippen LogP contribution < -0.4 is 5.32 Å². The summed E-state index contributed by atoms with van der Waals surface area (Å²) in [7, 11) is 1.62. The maximum atomic E-state index is 11.3. The molecule has 0 amide bonds. The van der Waals surface area contributed by atoms with Crippen molar-refractivity contribution in [2.24, 2.45) is 5.92 Å². The Kier molecular flexibility index (Phi) is 11.4. The molecule has 0 aromatic carbocycles. The van der Waals surface area contributed by atoms with Gasteiger partial charge in [-0.3, -0.25) is 4.79 Å². The van der Waals surface area contributed by atoms with Crippen molar-refractivity contribution >= 4 is 17.4 Å². The summed E-state index contributed by atoms with van der Waals surface area (Å²) in [6, 6.07) is 0. The topological polar surface area (TPSA) is 38.3 Å². The second kappa shape index (κ2) is 12.3. The number of carbonyl (C=O) groups is 1. The van der Waals surface area contributed by atoms with Gasteiger partial charge in [-0.25, -0.2) is 0 Å². The zero-order chi connectivity index (χ0) is 16.1. The van der Waals surface area contributed by atoms with Crippen molar-refractivity contribution in [3.05, 3.63) is 48.4 Å². The van der Waals surface area contributed by atoms with E-state index in [9.17, 15) is 4.79 Å². The van der Waals surface area contributed by atoms with Gasteiger partial charge >= 0.3 is 0 Å². The molecule has 0 fully saturated rings. The van der Waals surface area contributed by atoms with Crippen LogP contribution in [0.15, 0.2) is 48.4 Å². The van der Waals surface area contributed by atoms with E-state index in [0.29, 0.717) is 17.6 Å². The Bertz CT molecular complexity index is 411. The molecule has 0 saturated carbocycles. The van der Waals surface area contributed by atoms with Crippen molar-refractivity contribution in [1.82, 2.24) is 5.32 Å². The number of halogens is 1. The van der Waals surface area contributed by atoms with E-state index >= 15 is 0 Å². The molecule has 1 N–H and O–H groups in total. The third-order valence-corrected chi connectivity index (χ3v) is 3.22. The standard InChI is InChI=1S/C17H26ClNO2/c1-5-16(12-15(3)21-4)14(2)8-7-11-19-13-17(20)9-6-10-18/h6-7,9,11-12,14,19H,3,5,8,10,13H2,1-2,4H3/b9-6+,11-7+,16-12+. The first-order valence-corrected chi connectivity index (χ1v) is 7.65. The maximum absolute atomic E-state index is 11.3. The summed E-state index contributed by atoms with van der Waals surface area (Å²) in [5, 5.41) is 2.97. The molecule has 0 aromatic heterocycles. The molecular formula is C17H26ClNO2. The predicted molar refractivity (Wildman–Crippen MR) is 90.3 cm³/mol. The van der Waals surface area contributed by atoms with E-state index in [1.165, 1.54) is 11.6 Å². The van der Waals surface area contributed by atoms with E-state index in [2.05, 4.69) is 25.7 Å². The molecule has 0 aliphatic rings. The van der Waals surface area contributed by atoms with Crippen LogP contribution in [0.1, 0.15) is 26.7 Å². The lowest BCUT2D eigenvalue weighted by Gasteiger charge is -2.13. The maximum Gasteiger partial charge on any atom is 0.174 e. The summed E-state index contributed by atoms with van der Waals surface area (Å²) in [5.41, 5.74) is 1.30. The second-order valence-electron chi connectivity index (χ2n) is 4.69. The summed E-state index contributed by atoms with van der Waals surface area (Å²) in [6.07, 6.45) is 10.8. The highest BCUT2D eigenvalue weighted by molar-refractivity contribution is 6.19. The van der Waals surface area contributed by atoms with Crippen molar-refractivity contribution in [1.29, 1.82) is 0 Å². The van der Waals surface area contributed by atoms with E-state index in [-0.39, 0.29) is 12.3 Å². The number of carbonyl (C=O) groups excluding carboxylic acids is 1. The molecule has 3 nitrogen and oxygen atoms in total. The lowest BCUT2D eigenvalue weighted by molar-refractivity contribution is -0.113. The lowest BCUT2D eigenvalue weighted by atomic mass is 9.95. The van der Waals surface area contributed by atoms with Crippen molar-refractivity contribution in [3.63, 3.8) is 0 Å². The molecular weight excluding hydrogens is 286 g/mol. The van der Waals surface area contributed by atoms with Crippen LogP contribution in [0.5, 0.6) is 0 Å². The molecule has 118 valence electrons. The molecule has 1 unspecified atom stereocenters. The van der Waals surface area contributed by atoms with Crippen molar-refractivity contribution in [2.45, 2.75) is 26.7 Å². The van der Waals surface area contributed by atoms with Gasteiger partial charge in [0.1, 0.15) is 5.76 Å². The molecule has 0 aliphatic heterocycles. The van der Waals surface area contributed by atoms with Crippen LogP contribution in [-0.2, 0) is 9.53 Å². The summed E-state index contributed by atoms with van der Waals surface area (Å²) in [5.74, 6) is 1.46. The van der Waals surface area contributed by atoms with Gasteiger partial charge in [0.25, 0.3) is 0 Å². The van der Waals surface area contributed by atoms with Crippen molar-refractivity contribution < 1.29 is 9.53 Å². The van der Waals surface area contributed by atoms with Crippen LogP contribution in [0.4, 0.5) is 0 Å². The predicted octanol–water partition coefficient (Wildman–Crippen LogP) is 3.98. The molecule has 0 aromatic rings. The molecule has 0 rings (SSSR count). The Morgan fingerprint density at radius 3 is 2.71 bits per heavy atom. The largest absolute Gasteiger partial charge is 0.497 e. The van der Waals surface area contributed by atoms with Crippen molar-refractivity contribution in [3.8, 4) is 0 Å². The molecule has 0 radical (unpaired) electrons. The highest BCUT2D eigenvalue weighted by Crippen LogP contribution is 2.20. The quantitative estimate of drug-likeness (QED) is 0.271. The average Bonchev–Trinajstić information content (AvgIpc) is 2.49. The van der Waals surface area contributed by atoms with Gasteiger partial charge in [-0.05, 0) is 37.1 Å². The van der Waals surface area contributed by atoms with Crippen LogP contribution >= 0.6 is 11.6 Å². The monoisotopic (exact) mass is 311 g/mol. The van der Waals surface area contributed by atoms with Crippen LogP contribution in [0.2, 0.25) is 0 Å². The number of nitrogens with one attached hydrogen (secondary N) is 1. The first-order chi connectivity index (χ1) is 10.0. The number of methoxy groups -OCH3 is 1. The van der Waals surface area contributed by atoms with Gasteiger partial charge in [-0.1, -0.05) is 38.2 Å². The van der Waals surface area contributed by atoms with Gasteiger partial charge in [-0.2, -0.15) is 0 Å². The molecule has 1 atom stereocenters. The summed E-state index contributed by atoms with van der Waals surface area (Å²) >= 11 is 5.46. The normalized spacial score (nSPS) is 13.6. The third kappa shape index (κ3) is 9.97. The molecule has 0 saturated heterocycles. The number of ketones is 1. The molecule has 0 heterocycles. The minimum Gasteiger partial charge on any atom is -0.497 e. The Hall–Kier alpha value is -1.48. The van der Waals surface area contributed by atoms with Gasteiger partial charge < -0.3 is 10.1 Å². The SMILES string of the molecule is C=C(/C=C(\CC)C(C)C/C=C/NCC(=O)/C=C/CCl)OC. The molecule has 0 aliphatic carbocycles. The van der Waals surface area contributed by atoms with Crippen molar-refractivity contribution in [2.75, 3.05) is 19.5 Å². The Balaban J connectivity index is 4.16.